The van der Waals surface area contributed by atoms with Crippen molar-refractivity contribution in [2.45, 2.75) is 77.4 Å². The van der Waals surface area contributed by atoms with Crippen molar-refractivity contribution >= 4 is 0 Å². The molecule has 0 radical (unpaired) electrons. The predicted octanol–water partition coefficient (Wildman–Crippen LogP) is 8.83. The molecular weight excluding hydrogens is 696 g/mol. The summed E-state index contributed by atoms with van der Waals surface area (Å²) in [6.07, 6.45) is -3.25. The molecular formula is C46H47FN2O6. The highest BCUT2D eigenvalue weighted by atomic mass is 19.1. The maximum atomic E-state index is 14.6. The highest BCUT2D eigenvalue weighted by Gasteiger charge is 2.50. The molecule has 0 amide bonds. The van der Waals surface area contributed by atoms with Crippen LogP contribution in [0.25, 0.3) is 0 Å². The summed E-state index contributed by atoms with van der Waals surface area (Å²) in [5.74, 6) is 0.0793. The summed E-state index contributed by atoms with van der Waals surface area (Å²) in [4.78, 5) is 0. The second kappa shape index (κ2) is 18.9. The monoisotopic (exact) mass is 742 g/mol. The first-order chi connectivity index (χ1) is 27.0. The molecule has 5 aromatic carbocycles. The number of nitrogens with one attached hydrogen (secondary N) is 1. The summed E-state index contributed by atoms with van der Waals surface area (Å²) in [5.41, 5.74) is 7.01. The lowest BCUT2D eigenvalue weighted by molar-refractivity contribution is -0.310. The van der Waals surface area contributed by atoms with E-state index in [0.29, 0.717) is 37.7 Å². The van der Waals surface area contributed by atoms with Gasteiger partial charge in [-0.3, -0.25) is 5.10 Å². The second-order valence-electron chi connectivity index (χ2n) is 13.8. The molecule has 7 rings (SSSR count). The van der Waals surface area contributed by atoms with Gasteiger partial charge in [-0.05, 0) is 53.3 Å². The van der Waals surface area contributed by atoms with Crippen molar-refractivity contribution in [2.24, 2.45) is 0 Å². The average molecular weight is 743 g/mol. The summed E-state index contributed by atoms with van der Waals surface area (Å²) >= 11 is 0. The summed E-state index contributed by atoms with van der Waals surface area (Å²) in [7, 11) is 0. The Balaban J connectivity index is 1.23. The van der Waals surface area contributed by atoms with E-state index in [4.69, 9.17) is 28.4 Å². The van der Waals surface area contributed by atoms with Crippen molar-refractivity contribution in [1.82, 2.24) is 10.2 Å². The van der Waals surface area contributed by atoms with E-state index < -0.39 is 30.7 Å². The van der Waals surface area contributed by atoms with E-state index in [9.17, 15) is 4.39 Å². The maximum Gasteiger partial charge on any atom is 0.238 e. The summed E-state index contributed by atoms with van der Waals surface area (Å²) < 4.78 is 55.0. The SMILES string of the molecule is Cc1ccc(Cc2c(O[C@@H]3OC(COCc4ccccc4)[C@@H](OCc4ccccc4)[C@H](OCc4ccccc4)[C@H]3OCc3ccccc3)n[nH]c2C)cc1F. The average Bonchev–Trinajstić information content (AvgIpc) is 3.56. The van der Waals surface area contributed by atoms with Gasteiger partial charge >= 0.3 is 0 Å². The second-order valence-corrected chi connectivity index (χ2v) is 13.8. The van der Waals surface area contributed by atoms with Crippen LogP contribution in [0.5, 0.6) is 5.88 Å². The number of halogens is 1. The number of aryl methyl sites for hydroxylation is 2. The van der Waals surface area contributed by atoms with Crippen molar-refractivity contribution in [2.75, 3.05) is 6.61 Å². The van der Waals surface area contributed by atoms with E-state index in [-0.39, 0.29) is 19.0 Å². The number of nitrogens with zero attached hydrogens (tertiary/aromatic N) is 1. The number of rotatable bonds is 17. The Bertz CT molecular complexity index is 2050. The molecule has 1 aliphatic heterocycles. The van der Waals surface area contributed by atoms with Gasteiger partial charge in [-0.15, -0.1) is 5.10 Å². The fourth-order valence-electron chi connectivity index (χ4n) is 6.64. The zero-order valence-corrected chi connectivity index (χ0v) is 31.2. The van der Waals surface area contributed by atoms with E-state index >= 15 is 0 Å². The van der Waals surface area contributed by atoms with E-state index in [2.05, 4.69) is 10.2 Å². The highest BCUT2D eigenvalue weighted by Crippen LogP contribution is 2.34. The van der Waals surface area contributed by atoms with Gasteiger partial charge in [-0.2, -0.15) is 0 Å². The van der Waals surface area contributed by atoms with Gasteiger partial charge in [-0.25, -0.2) is 4.39 Å². The van der Waals surface area contributed by atoms with Gasteiger partial charge < -0.3 is 28.4 Å². The standard InChI is InChI=1S/C46H47FN2O6/c1-32-23-24-38(26-40(32)47)25-39-33(2)48-49-45(39)55-46-44(53-30-37-21-13-6-14-22-37)43(52-29-36-19-11-5-12-20-36)42(51-28-35-17-9-4-10-18-35)41(54-46)31-50-27-34-15-7-3-8-16-34/h3-24,26,41-44,46H,25,27-31H2,1-2H3,(H,48,49)/t41?,42-,43+,44-,46+/m1/s1. The molecule has 0 aliphatic carbocycles. The molecule has 8 nitrogen and oxygen atoms in total. The van der Waals surface area contributed by atoms with Crippen LogP contribution in [0.3, 0.4) is 0 Å². The van der Waals surface area contributed by atoms with Crippen molar-refractivity contribution in [3.63, 3.8) is 0 Å². The van der Waals surface area contributed by atoms with Crippen LogP contribution in [0, 0.1) is 19.7 Å². The largest absolute Gasteiger partial charge is 0.443 e. The van der Waals surface area contributed by atoms with E-state index in [1.165, 1.54) is 0 Å². The topological polar surface area (TPSA) is 84.1 Å². The van der Waals surface area contributed by atoms with Crippen LogP contribution in [0.1, 0.15) is 44.6 Å². The van der Waals surface area contributed by atoms with E-state index in [0.717, 1.165) is 39.1 Å². The molecule has 0 saturated carbocycles. The molecule has 9 heteroatoms. The molecule has 0 spiro atoms. The third-order valence-electron chi connectivity index (χ3n) is 9.72. The maximum absolute atomic E-state index is 14.6. The Hall–Kier alpha value is -5.16. The molecule has 1 fully saturated rings. The number of ether oxygens (including phenoxy) is 6. The van der Waals surface area contributed by atoms with Crippen molar-refractivity contribution in [1.29, 1.82) is 0 Å². The third kappa shape index (κ3) is 10.3. The lowest BCUT2D eigenvalue weighted by Gasteiger charge is -2.45. The zero-order valence-electron chi connectivity index (χ0n) is 31.2. The lowest BCUT2D eigenvalue weighted by Crippen LogP contribution is -2.62. The van der Waals surface area contributed by atoms with Crippen LogP contribution in [-0.4, -0.2) is 47.5 Å². The van der Waals surface area contributed by atoms with Gasteiger partial charge in [0.15, 0.2) is 0 Å². The minimum atomic E-state index is -0.984. The quantitative estimate of drug-likeness (QED) is 0.100. The Labute approximate surface area is 322 Å². The minimum Gasteiger partial charge on any atom is -0.443 e. The molecule has 55 heavy (non-hydrogen) atoms. The fraction of sp³-hybridized carbons (Fsp3) is 0.283. The van der Waals surface area contributed by atoms with Gasteiger partial charge in [0.05, 0.1) is 33.0 Å². The molecule has 1 saturated heterocycles. The van der Waals surface area contributed by atoms with E-state index in [1.54, 1.807) is 19.1 Å². The molecule has 1 aromatic heterocycles. The van der Waals surface area contributed by atoms with Gasteiger partial charge in [0.1, 0.15) is 30.2 Å². The van der Waals surface area contributed by atoms with Gasteiger partial charge in [0.2, 0.25) is 12.2 Å². The van der Waals surface area contributed by atoms with Crippen molar-refractivity contribution in [3.8, 4) is 5.88 Å². The van der Waals surface area contributed by atoms with Gasteiger partial charge in [0, 0.05) is 17.7 Å². The normalized spacial score (nSPS) is 19.7. The van der Waals surface area contributed by atoms with Crippen LogP contribution in [-0.2, 0) is 56.5 Å². The Morgan fingerprint density at radius 3 is 1.65 bits per heavy atom. The first-order valence-corrected chi connectivity index (χ1v) is 18.7. The van der Waals surface area contributed by atoms with Crippen LogP contribution in [0.15, 0.2) is 140 Å². The Morgan fingerprint density at radius 2 is 1.11 bits per heavy atom. The molecule has 1 aliphatic rings. The molecule has 284 valence electrons. The smallest absolute Gasteiger partial charge is 0.238 e. The van der Waals surface area contributed by atoms with Crippen molar-refractivity contribution in [3.05, 3.63) is 190 Å². The molecule has 1 N–H and O–H groups in total. The van der Waals surface area contributed by atoms with Gasteiger partial charge in [0.25, 0.3) is 0 Å². The van der Waals surface area contributed by atoms with Crippen LogP contribution in [0.4, 0.5) is 4.39 Å². The van der Waals surface area contributed by atoms with Crippen LogP contribution < -0.4 is 4.74 Å². The zero-order chi connectivity index (χ0) is 37.8. The number of aromatic amines is 1. The van der Waals surface area contributed by atoms with Crippen LogP contribution >= 0.6 is 0 Å². The molecule has 5 atom stereocenters. The minimum absolute atomic E-state index is 0.194. The number of benzene rings is 5. The molecule has 1 unspecified atom stereocenters. The predicted molar refractivity (Wildman–Crippen MR) is 208 cm³/mol. The summed E-state index contributed by atoms with van der Waals surface area (Å²) in [6.45, 7) is 5.15. The lowest BCUT2D eigenvalue weighted by atomic mass is 9.97. The summed E-state index contributed by atoms with van der Waals surface area (Å²) in [6, 6.07) is 45.2. The summed E-state index contributed by atoms with van der Waals surface area (Å²) in [5, 5.41) is 7.63. The fourth-order valence-corrected chi connectivity index (χ4v) is 6.64. The third-order valence-corrected chi connectivity index (χ3v) is 9.72. The first kappa shape index (κ1) is 38.1. The number of aromatic nitrogens is 2. The van der Waals surface area contributed by atoms with Gasteiger partial charge in [-0.1, -0.05) is 133 Å². The van der Waals surface area contributed by atoms with E-state index in [1.807, 2.05) is 134 Å². The molecule has 0 bridgehead atoms. The number of hydrogen-bond donors (Lipinski definition) is 1. The first-order valence-electron chi connectivity index (χ1n) is 18.7. The number of H-pyrrole nitrogens is 1. The number of hydrogen-bond acceptors (Lipinski definition) is 7. The molecule has 6 aromatic rings. The Kier molecular flexibility index (Phi) is 13.1. The highest BCUT2D eigenvalue weighted by molar-refractivity contribution is 5.37. The van der Waals surface area contributed by atoms with Crippen LogP contribution in [0.2, 0.25) is 0 Å². The Morgan fingerprint density at radius 1 is 0.600 bits per heavy atom. The van der Waals surface area contributed by atoms with Crippen molar-refractivity contribution < 1.29 is 32.8 Å². The molecule has 2 heterocycles.